The number of carbonyl (C=O) groups is 1. The van der Waals surface area contributed by atoms with Gasteiger partial charge in [0, 0.05) is 26.2 Å². The van der Waals surface area contributed by atoms with Gasteiger partial charge >= 0.3 is 0 Å². The number of halogens is 2. The highest BCUT2D eigenvalue weighted by molar-refractivity contribution is 5.97. The number of hydrogen-bond donors (Lipinski definition) is 1. The average Bonchev–Trinajstić information content (AvgIpc) is 3.30. The van der Waals surface area contributed by atoms with Gasteiger partial charge in [0.25, 0.3) is 12.2 Å². The zero-order chi connectivity index (χ0) is 19.9. The van der Waals surface area contributed by atoms with Gasteiger partial charge in [-0.15, -0.1) is 4.59 Å². The van der Waals surface area contributed by atoms with Gasteiger partial charge < -0.3 is 9.47 Å². The predicted octanol–water partition coefficient (Wildman–Crippen LogP) is 1.87. The smallest absolute Gasteiger partial charge is 0.275 e. The first-order valence-electron chi connectivity index (χ1n) is 9.05. The lowest BCUT2D eigenvalue weighted by atomic mass is 10.4. The molecule has 0 saturated carbocycles. The van der Waals surface area contributed by atoms with Crippen LogP contribution in [0.3, 0.4) is 0 Å². The Bertz CT molecular complexity index is 917. The number of fused-ring (bicyclic) bond motifs is 1. The number of anilines is 1. The number of alkyl halides is 2. The molecular weight excluding hydrogens is 368 g/mol. The lowest BCUT2D eigenvalue weighted by Crippen LogP contribution is -2.48. The van der Waals surface area contributed by atoms with Crippen LogP contribution in [0, 0.1) is 0 Å². The summed E-state index contributed by atoms with van der Waals surface area (Å²) in [4.78, 5) is 24.3. The molecule has 4 rings (SSSR count). The van der Waals surface area contributed by atoms with Crippen molar-refractivity contribution in [2.24, 2.45) is 4.99 Å². The van der Waals surface area contributed by atoms with Gasteiger partial charge in [-0.05, 0) is 18.6 Å². The second kappa shape index (κ2) is 6.86. The molecule has 148 valence electrons. The highest BCUT2D eigenvalue weighted by Gasteiger charge is 2.36. The van der Waals surface area contributed by atoms with Crippen molar-refractivity contribution in [2.45, 2.75) is 25.8 Å². The largest absolute Gasteiger partial charge is 0.346 e. The maximum Gasteiger partial charge on any atom is 0.275 e. The minimum absolute atomic E-state index is 0.0313. The molecule has 0 aromatic carbocycles. The first-order valence-corrected chi connectivity index (χ1v) is 9.05. The van der Waals surface area contributed by atoms with E-state index in [1.165, 1.54) is 10.8 Å². The van der Waals surface area contributed by atoms with Gasteiger partial charge in [-0.25, -0.2) is 19.2 Å². The van der Waals surface area contributed by atoms with E-state index in [2.05, 4.69) is 15.4 Å². The van der Waals surface area contributed by atoms with Gasteiger partial charge in [-0.2, -0.15) is 4.99 Å². The average molecular weight is 390 g/mol. The summed E-state index contributed by atoms with van der Waals surface area (Å²) in [5, 5.41) is 0. The molecule has 8 nitrogen and oxygen atoms in total. The summed E-state index contributed by atoms with van der Waals surface area (Å²) in [5.41, 5.74) is 3.26. The van der Waals surface area contributed by atoms with Crippen molar-refractivity contribution >= 4 is 23.6 Å². The molecule has 28 heavy (non-hydrogen) atoms. The molecule has 0 spiro atoms. The van der Waals surface area contributed by atoms with Crippen LogP contribution in [0.15, 0.2) is 41.7 Å². The van der Waals surface area contributed by atoms with Gasteiger partial charge in [-0.1, -0.05) is 0 Å². The molecule has 1 amide bonds. The summed E-state index contributed by atoms with van der Waals surface area (Å²) in [6.45, 7) is 0.0762. The summed E-state index contributed by atoms with van der Waals surface area (Å²) in [6, 6.07) is 0. The minimum atomic E-state index is -2.52. The highest BCUT2D eigenvalue weighted by Crippen LogP contribution is 2.25. The van der Waals surface area contributed by atoms with E-state index in [-0.39, 0.29) is 5.91 Å². The van der Waals surface area contributed by atoms with Crippen LogP contribution in [-0.4, -0.2) is 57.9 Å². The maximum atomic E-state index is 13.0. The monoisotopic (exact) mass is 390 g/mol. The van der Waals surface area contributed by atoms with E-state index >= 15 is 0 Å². The number of carbonyl (C=O) groups excluding carboxylic acids is 1. The fourth-order valence-corrected chi connectivity index (χ4v) is 3.37. The van der Waals surface area contributed by atoms with E-state index in [0.717, 1.165) is 12.2 Å². The molecule has 1 fully saturated rings. The molecule has 4 heterocycles. The molecule has 1 aromatic rings. The Morgan fingerprint density at radius 1 is 1.39 bits per heavy atom. The Morgan fingerprint density at radius 3 is 2.93 bits per heavy atom. The third-order valence-electron chi connectivity index (χ3n) is 4.85. The van der Waals surface area contributed by atoms with E-state index in [1.807, 2.05) is 37.6 Å². The number of quaternary nitrogens is 1. The van der Waals surface area contributed by atoms with Crippen LogP contribution in [0.1, 0.15) is 18.7 Å². The summed E-state index contributed by atoms with van der Waals surface area (Å²) in [5.74, 6) is 2.14. The molecule has 3 aliphatic heterocycles. The fourth-order valence-electron chi connectivity index (χ4n) is 3.37. The molecule has 3 aliphatic rings. The van der Waals surface area contributed by atoms with Crippen LogP contribution in [0.5, 0.6) is 0 Å². The van der Waals surface area contributed by atoms with Gasteiger partial charge in [-0.3, -0.25) is 9.69 Å². The molecule has 1 N–H and O–H groups in total. The summed E-state index contributed by atoms with van der Waals surface area (Å²) in [6.07, 6.45) is 9.32. The molecule has 1 unspecified atom stereocenters. The number of imidazole rings is 1. The Labute approximate surface area is 161 Å². The molecule has 1 aromatic heterocycles. The first kappa shape index (κ1) is 18.4. The number of nitrogens with zero attached hydrogens (tertiary/aromatic N) is 6. The topological polar surface area (TPSA) is 65.8 Å². The van der Waals surface area contributed by atoms with Crippen molar-refractivity contribution in [3.8, 4) is 0 Å². The summed E-state index contributed by atoms with van der Waals surface area (Å²) in [7, 11) is 3.87. The van der Waals surface area contributed by atoms with E-state index in [9.17, 15) is 13.6 Å². The number of rotatable bonds is 5. The highest BCUT2D eigenvalue weighted by atomic mass is 19.3. The van der Waals surface area contributed by atoms with Crippen LogP contribution in [0.25, 0.3) is 6.08 Å². The Balaban J connectivity index is 1.59. The summed E-state index contributed by atoms with van der Waals surface area (Å²) >= 11 is 0. The van der Waals surface area contributed by atoms with Crippen LogP contribution in [0.4, 0.5) is 14.6 Å². The zero-order valence-corrected chi connectivity index (χ0v) is 15.7. The van der Waals surface area contributed by atoms with Gasteiger partial charge in [0.05, 0.1) is 18.9 Å². The van der Waals surface area contributed by atoms with E-state index in [0.29, 0.717) is 35.0 Å². The van der Waals surface area contributed by atoms with Gasteiger partial charge in [0.1, 0.15) is 19.1 Å². The van der Waals surface area contributed by atoms with Gasteiger partial charge in [0.2, 0.25) is 5.91 Å². The van der Waals surface area contributed by atoms with E-state index in [4.69, 9.17) is 0 Å². The van der Waals surface area contributed by atoms with E-state index < -0.39 is 13.0 Å². The number of amides is 1. The van der Waals surface area contributed by atoms with Crippen LogP contribution in [-0.2, 0) is 11.3 Å². The molecule has 0 radical (unpaired) electrons. The summed E-state index contributed by atoms with van der Waals surface area (Å²) < 4.78 is 27.7. The fraction of sp³-hybridized carbons (Fsp3) is 0.389. The van der Waals surface area contributed by atoms with E-state index in [1.54, 1.807) is 17.1 Å². The number of nitrogens with one attached hydrogen (secondary N) is 1. The first-order chi connectivity index (χ1) is 13.3. The van der Waals surface area contributed by atoms with Crippen molar-refractivity contribution in [3.63, 3.8) is 0 Å². The van der Waals surface area contributed by atoms with Crippen molar-refractivity contribution in [1.29, 1.82) is 0 Å². The van der Waals surface area contributed by atoms with Crippen LogP contribution in [0.2, 0.25) is 0 Å². The lowest BCUT2D eigenvalue weighted by Gasteiger charge is -2.27. The standard InChI is InChI=1S/C18H22F2N7O/c1-24-8-9-27(2)17(12-24)21-14(23-27)5-6-15-22-16(11-25(15)10-13(19)20)26-7-3-4-18(26)28/h5-6,8-9,11-13H,3-4,7,10H2,1-2H3,(H,21,23)/q+1/b6-5+. The molecule has 0 bridgehead atoms. The molecule has 1 saturated heterocycles. The van der Waals surface area contributed by atoms with Crippen LogP contribution < -0.4 is 10.3 Å². The number of hydrogen-bond acceptors (Lipinski definition) is 5. The van der Waals surface area contributed by atoms with Crippen LogP contribution >= 0.6 is 0 Å². The van der Waals surface area contributed by atoms with Crippen molar-refractivity contribution in [3.05, 3.63) is 42.5 Å². The van der Waals surface area contributed by atoms with Gasteiger partial charge in [0.15, 0.2) is 11.7 Å². The lowest BCUT2D eigenvalue weighted by molar-refractivity contribution is -0.853. The van der Waals surface area contributed by atoms with Crippen molar-refractivity contribution in [2.75, 3.05) is 25.5 Å². The number of amidine groups is 1. The molecule has 0 aliphatic carbocycles. The SMILES string of the molecule is CN1C=C[N+]2(C)NC(/C=C/c3nc(N4CCCC4=O)cn3CC(F)F)=NC2=C1. The second-order valence-electron chi connectivity index (χ2n) is 7.12. The number of aliphatic imine (C=N–C) groups is 1. The molecule has 1 atom stereocenters. The maximum absolute atomic E-state index is 13.0. The Hall–Kier alpha value is -3.01. The predicted molar refractivity (Wildman–Crippen MR) is 101 cm³/mol. The van der Waals surface area contributed by atoms with Crippen molar-refractivity contribution < 1.29 is 18.2 Å². The third-order valence-corrected chi connectivity index (χ3v) is 4.85. The Morgan fingerprint density at radius 2 is 2.21 bits per heavy atom. The second-order valence-corrected chi connectivity index (χ2v) is 7.12. The normalized spacial score (nSPS) is 24.2. The molecular formula is C18H22F2N7O+. The zero-order valence-electron chi connectivity index (χ0n) is 15.7. The van der Waals surface area contributed by atoms with Crippen molar-refractivity contribution in [1.82, 2.24) is 19.9 Å². The molecule has 10 heteroatoms. The Kier molecular flexibility index (Phi) is 4.50. The third kappa shape index (κ3) is 3.42. The minimum Gasteiger partial charge on any atom is -0.346 e. The number of aromatic nitrogens is 2. The quantitative estimate of drug-likeness (QED) is 0.780.